The summed E-state index contributed by atoms with van der Waals surface area (Å²) in [7, 11) is 3.07. The Hall–Kier alpha value is -3.52. The average molecular weight is 375 g/mol. The lowest BCUT2D eigenvalue weighted by Gasteiger charge is -2.31. The van der Waals surface area contributed by atoms with E-state index in [9.17, 15) is 15.2 Å². The van der Waals surface area contributed by atoms with Crippen LogP contribution in [0.3, 0.4) is 0 Å². The topological polar surface area (TPSA) is 79.5 Å². The van der Waals surface area contributed by atoms with Gasteiger partial charge in [0.15, 0.2) is 5.41 Å². The minimum Gasteiger partial charge on any atom is -0.497 e. The zero-order valence-corrected chi connectivity index (χ0v) is 16.0. The quantitative estimate of drug-likeness (QED) is 0.681. The Bertz CT molecular complexity index is 1060. The first-order chi connectivity index (χ1) is 13.5. The van der Waals surface area contributed by atoms with E-state index in [1.165, 1.54) is 14.0 Å². The van der Waals surface area contributed by atoms with Crippen molar-refractivity contribution in [1.82, 2.24) is 0 Å². The Balaban J connectivity index is 2.38. The predicted octanol–water partition coefficient (Wildman–Crippen LogP) is 4.60. The molecular weight excluding hydrogens is 354 g/mol. The van der Waals surface area contributed by atoms with Gasteiger partial charge in [-0.05, 0) is 29.3 Å². The Morgan fingerprint density at radius 2 is 1.75 bits per heavy atom. The van der Waals surface area contributed by atoms with Crippen LogP contribution in [0.2, 0.25) is 0 Å². The van der Waals surface area contributed by atoms with E-state index in [1.807, 2.05) is 48.5 Å². The van der Waals surface area contributed by atoms with Gasteiger partial charge in [0.05, 0.1) is 20.3 Å². The number of carboxylic acids is 1. The number of aliphatic carboxylic acids is 1. The van der Waals surface area contributed by atoms with Crippen molar-refractivity contribution >= 4 is 16.7 Å². The highest BCUT2D eigenvalue weighted by Gasteiger charge is 2.45. The third-order valence-corrected chi connectivity index (χ3v) is 5.14. The van der Waals surface area contributed by atoms with Crippen LogP contribution in [0, 0.1) is 16.7 Å². The van der Waals surface area contributed by atoms with Gasteiger partial charge < -0.3 is 14.6 Å². The number of rotatable bonds is 6. The molecule has 3 rings (SSSR count). The van der Waals surface area contributed by atoms with E-state index in [4.69, 9.17) is 9.47 Å². The summed E-state index contributed by atoms with van der Waals surface area (Å²) < 4.78 is 10.8. The van der Waals surface area contributed by atoms with Gasteiger partial charge in [-0.1, -0.05) is 48.5 Å². The normalized spacial score (nSPS) is 13.9. The van der Waals surface area contributed by atoms with Crippen molar-refractivity contribution in [2.24, 2.45) is 5.41 Å². The van der Waals surface area contributed by atoms with Gasteiger partial charge in [-0.15, -0.1) is 0 Å². The molecule has 28 heavy (non-hydrogen) atoms. The highest BCUT2D eigenvalue weighted by atomic mass is 16.5. The van der Waals surface area contributed by atoms with E-state index in [0.29, 0.717) is 17.1 Å². The summed E-state index contributed by atoms with van der Waals surface area (Å²) in [6, 6.07) is 20.7. The second-order valence-corrected chi connectivity index (χ2v) is 6.73. The molecule has 142 valence electrons. The monoisotopic (exact) mass is 375 g/mol. The lowest BCUT2D eigenvalue weighted by atomic mass is 9.69. The van der Waals surface area contributed by atoms with E-state index >= 15 is 0 Å². The van der Waals surface area contributed by atoms with Crippen LogP contribution in [0.5, 0.6) is 11.5 Å². The Morgan fingerprint density at radius 3 is 2.39 bits per heavy atom. The highest BCUT2D eigenvalue weighted by Crippen LogP contribution is 2.47. The zero-order valence-electron chi connectivity index (χ0n) is 16.0. The maximum absolute atomic E-state index is 12.2. The number of nitrogens with zero attached hydrogens (tertiary/aromatic N) is 1. The number of benzene rings is 3. The molecule has 3 aromatic carbocycles. The molecule has 0 aliphatic heterocycles. The lowest BCUT2D eigenvalue weighted by Crippen LogP contribution is -2.34. The van der Waals surface area contributed by atoms with Crippen molar-refractivity contribution in [2.45, 2.75) is 12.8 Å². The zero-order chi connectivity index (χ0) is 20.3. The Labute approximate surface area is 163 Å². The van der Waals surface area contributed by atoms with Crippen LogP contribution < -0.4 is 9.47 Å². The van der Waals surface area contributed by atoms with Gasteiger partial charge in [-0.2, -0.15) is 5.26 Å². The highest BCUT2D eigenvalue weighted by molar-refractivity contribution is 5.89. The van der Waals surface area contributed by atoms with Crippen LogP contribution in [0.25, 0.3) is 10.8 Å². The number of hydrogen-bond acceptors (Lipinski definition) is 4. The first-order valence-electron chi connectivity index (χ1n) is 8.80. The van der Waals surface area contributed by atoms with Crippen molar-refractivity contribution in [1.29, 1.82) is 5.26 Å². The van der Waals surface area contributed by atoms with Crippen molar-refractivity contribution in [3.8, 4) is 17.6 Å². The van der Waals surface area contributed by atoms with E-state index < -0.39 is 17.3 Å². The first-order valence-corrected chi connectivity index (χ1v) is 8.80. The molecule has 5 heteroatoms. The summed E-state index contributed by atoms with van der Waals surface area (Å²) >= 11 is 0. The number of hydrogen-bond donors (Lipinski definition) is 1. The molecule has 0 aliphatic rings. The van der Waals surface area contributed by atoms with Gasteiger partial charge >= 0.3 is 5.97 Å². The predicted molar refractivity (Wildman–Crippen MR) is 107 cm³/mol. The van der Waals surface area contributed by atoms with Crippen molar-refractivity contribution in [3.05, 3.63) is 71.8 Å². The smallest absolute Gasteiger partial charge is 0.324 e. The number of fused-ring (bicyclic) bond motifs is 1. The van der Waals surface area contributed by atoms with E-state index in [1.54, 1.807) is 25.3 Å². The summed E-state index contributed by atoms with van der Waals surface area (Å²) in [5.41, 5.74) is -0.328. The number of nitriles is 1. The van der Waals surface area contributed by atoms with Crippen LogP contribution in [0.4, 0.5) is 0 Å². The Morgan fingerprint density at radius 1 is 1.04 bits per heavy atom. The molecule has 0 saturated heterocycles. The second kappa shape index (κ2) is 7.61. The standard InChI is InChI=1S/C23H21NO4/c1-23(14-24,22(25)26)21(19-12-11-16(27-2)13-20(19)28-3)18-10-6-8-15-7-4-5-9-17(15)18/h4-13,21H,1-3H3,(H,25,26)/t21?,23-/m1/s1. The Kier molecular flexibility index (Phi) is 5.23. The number of methoxy groups -OCH3 is 2. The van der Waals surface area contributed by atoms with Gasteiger partial charge in [0.25, 0.3) is 0 Å². The molecule has 0 heterocycles. The molecule has 1 unspecified atom stereocenters. The van der Waals surface area contributed by atoms with Gasteiger partial charge in [0.2, 0.25) is 0 Å². The fraction of sp³-hybridized carbons (Fsp3) is 0.217. The molecule has 0 aromatic heterocycles. The SMILES string of the molecule is COc1ccc(C(c2cccc3ccccc23)[C@@](C)(C#N)C(=O)O)c(OC)c1. The fourth-order valence-electron chi connectivity index (χ4n) is 3.58. The van der Waals surface area contributed by atoms with Gasteiger partial charge in [0.1, 0.15) is 11.5 Å². The minimum absolute atomic E-state index is 0.472. The molecule has 2 atom stereocenters. The fourth-order valence-corrected chi connectivity index (χ4v) is 3.58. The van der Waals surface area contributed by atoms with Gasteiger partial charge in [-0.3, -0.25) is 4.79 Å². The molecule has 0 radical (unpaired) electrons. The molecule has 0 amide bonds. The van der Waals surface area contributed by atoms with Crippen LogP contribution in [0.15, 0.2) is 60.7 Å². The summed E-state index contributed by atoms with van der Waals surface area (Å²) in [6.45, 7) is 1.45. The van der Waals surface area contributed by atoms with Crippen LogP contribution in [-0.4, -0.2) is 25.3 Å². The summed E-state index contributed by atoms with van der Waals surface area (Å²) in [5, 5.41) is 21.7. The molecule has 0 saturated carbocycles. The van der Waals surface area contributed by atoms with Crippen LogP contribution >= 0.6 is 0 Å². The molecule has 0 fully saturated rings. The van der Waals surface area contributed by atoms with Crippen molar-refractivity contribution in [3.63, 3.8) is 0 Å². The van der Waals surface area contributed by atoms with Crippen LogP contribution in [-0.2, 0) is 4.79 Å². The largest absolute Gasteiger partial charge is 0.497 e. The summed E-state index contributed by atoms with van der Waals surface area (Å²) in [5.74, 6) is -0.876. The lowest BCUT2D eigenvalue weighted by molar-refractivity contribution is -0.145. The van der Waals surface area contributed by atoms with Crippen LogP contribution in [0.1, 0.15) is 24.0 Å². The third-order valence-electron chi connectivity index (χ3n) is 5.14. The number of ether oxygens (including phenoxy) is 2. The summed E-state index contributed by atoms with van der Waals surface area (Å²) in [4.78, 5) is 12.2. The number of carboxylic acid groups (broad SMARTS) is 1. The molecular formula is C23H21NO4. The second-order valence-electron chi connectivity index (χ2n) is 6.73. The van der Waals surface area contributed by atoms with Gasteiger partial charge in [-0.25, -0.2) is 0 Å². The molecule has 3 aromatic rings. The van der Waals surface area contributed by atoms with Gasteiger partial charge in [0, 0.05) is 17.5 Å². The molecule has 5 nitrogen and oxygen atoms in total. The van der Waals surface area contributed by atoms with E-state index in [2.05, 4.69) is 0 Å². The minimum atomic E-state index is -1.70. The van der Waals surface area contributed by atoms with Crippen molar-refractivity contribution in [2.75, 3.05) is 14.2 Å². The molecule has 0 aliphatic carbocycles. The maximum Gasteiger partial charge on any atom is 0.324 e. The van der Waals surface area contributed by atoms with Crippen molar-refractivity contribution < 1.29 is 19.4 Å². The summed E-state index contributed by atoms with van der Waals surface area (Å²) in [6.07, 6.45) is 0. The van der Waals surface area contributed by atoms with E-state index in [-0.39, 0.29) is 0 Å². The molecule has 1 N–H and O–H groups in total. The maximum atomic E-state index is 12.2. The molecule has 0 bridgehead atoms. The first kappa shape index (κ1) is 19.2. The molecule has 0 spiro atoms. The third kappa shape index (κ3) is 3.14. The van der Waals surface area contributed by atoms with E-state index in [0.717, 1.165) is 16.3 Å². The number of carbonyl (C=O) groups is 1. The average Bonchev–Trinajstić information content (AvgIpc) is 2.73.